The summed E-state index contributed by atoms with van der Waals surface area (Å²) < 4.78 is 2.79. The smallest absolute Gasteiger partial charge is 0.227 e. The van der Waals surface area contributed by atoms with Crippen LogP contribution in [0.15, 0.2) is 59.3 Å². The molecule has 0 bridgehead atoms. The topological polar surface area (TPSA) is 20.9 Å². The van der Waals surface area contributed by atoms with E-state index in [1.165, 1.54) is 0 Å². The summed E-state index contributed by atoms with van der Waals surface area (Å²) in [6.45, 7) is 0.372. The molecule has 0 spiro atoms. The Morgan fingerprint density at radius 3 is 2.39 bits per heavy atom. The molecule has 0 amide bonds. The molecule has 0 saturated carbocycles. The Kier molecular flexibility index (Phi) is 8.64. The number of rotatable bonds is 3. The third kappa shape index (κ3) is 5.16. The van der Waals surface area contributed by atoms with Crippen LogP contribution in [-0.4, -0.2) is 5.78 Å². The monoisotopic (exact) mass is 483 g/mol. The summed E-state index contributed by atoms with van der Waals surface area (Å²) in [4.78, 5) is 11.9. The Balaban J connectivity index is 0.00000144. The molecule has 0 N–H and O–H groups in total. The van der Waals surface area contributed by atoms with Gasteiger partial charge in [0.25, 0.3) is 0 Å². The van der Waals surface area contributed by atoms with Crippen LogP contribution in [0.4, 0.5) is 0 Å². The van der Waals surface area contributed by atoms with Crippen molar-refractivity contribution in [1.29, 1.82) is 0 Å². The number of nitrogens with zero attached hydrogens (tertiary/aromatic N) is 1. The van der Waals surface area contributed by atoms with E-state index in [9.17, 15) is 4.79 Å². The van der Waals surface area contributed by atoms with Gasteiger partial charge in [-0.3, -0.25) is 4.79 Å². The lowest BCUT2D eigenvalue weighted by Crippen LogP contribution is -3.00. The number of aromatic nitrogens is 1. The molecule has 0 aliphatic rings. The van der Waals surface area contributed by atoms with Gasteiger partial charge in [0.1, 0.15) is 0 Å². The Labute approximate surface area is 142 Å². The Morgan fingerprint density at radius 1 is 1.11 bits per heavy atom. The molecule has 1 aromatic heterocycles. The SMILES string of the molecule is Br.O=C(C[n+]1ccccc1)c1cccc(Br)c1.[I-]. The molecule has 2 nitrogen and oxygen atoms in total. The fourth-order valence-electron chi connectivity index (χ4n) is 1.46. The molecule has 2 aromatic rings. The third-order valence-corrected chi connectivity index (χ3v) is 2.74. The van der Waals surface area contributed by atoms with Crippen LogP contribution in [0, 0.1) is 0 Å². The van der Waals surface area contributed by atoms with Crippen LogP contribution in [0.3, 0.4) is 0 Å². The largest absolute Gasteiger partial charge is 1.00 e. The fraction of sp³-hybridized carbons (Fsp3) is 0.0769. The van der Waals surface area contributed by atoms with E-state index in [-0.39, 0.29) is 46.7 Å². The first kappa shape index (κ1) is 17.7. The lowest BCUT2D eigenvalue weighted by Gasteiger charge is -1.98. The van der Waals surface area contributed by atoms with Gasteiger partial charge in [-0.15, -0.1) is 17.0 Å². The number of benzene rings is 1. The van der Waals surface area contributed by atoms with Crippen LogP contribution in [0.1, 0.15) is 10.4 Å². The van der Waals surface area contributed by atoms with Crippen molar-refractivity contribution >= 4 is 38.7 Å². The van der Waals surface area contributed by atoms with Crippen LogP contribution < -0.4 is 28.5 Å². The van der Waals surface area contributed by atoms with Gasteiger partial charge >= 0.3 is 0 Å². The van der Waals surface area contributed by atoms with E-state index in [0.29, 0.717) is 6.54 Å². The zero-order valence-electron chi connectivity index (χ0n) is 9.42. The van der Waals surface area contributed by atoms with E-state index in [4.69, 9.17) is 0 Å². The zero-order chi connectivity index (χ0) is 11.4. The summed E-state index contributed by atoms with van der Waals surface area (Å²) in [6.07, 6.45) is 3.77. The molecule has 0 fully saturated rings. The summed E-state index contributed by atoms with van der Waals surface area (Å²) in [5.41, 5.74) is 0.728. The van der Waals surface area contributed by atoms with Gasteiger partial charge in [0, 0.05) is 22.2 Å². The first-order valence-corrected chi connectivity index (χ1v) is 5.78. The van der Waals surface area contributed by atoms with Crippen LogP contribution in [0.5, 0.6) is 0 Å². The molecule has 18 heavy (non-hydrogen) atoms. The Hall–Kier alpha value is -0.270. The van der Waals surface area contributed by atoms with Crippen molar-refractivity contribution < 1.29 is 33.3 Å². The second kappa shape index (κ2) is 8.77. The molecule has 2 rings (SSSR count). The number of Topliss-reactive ketones (excluding diaryl/α,β-unsaturated/α-hetero) is 1. The molecule has 96 valence electrons. The van der Waals surface area contributed by atoms with Crippen LogP contribution in [-0.2, 0) is 6.54 Å². The van der Waals surface area contributed by atoms with Gasteiger partial charge < -0.3 is 24.0 Å². The average Bonchev–Trinajstić information content (AvgIpc) is 2.30. The van der Waals surface area contributed by atoms with Crippen molar-refractivity contribution in [2.24, 2.45) is 0 Å². The summed E-state index contributed by atoms with van der Waals surface area (Å²) >= 11 is 3.36. The number of ketones is 1. The number of carbonyl (C=O) groups excluding carboxylic acids is 1. The van der Waals surface area contributed by atoms with Crippen molar-refractivity contribution in [2.75, 3.05) is 0 Å². The average molecular weight is 485 g/mol. The third-order valence-electron chi connectivity index (χ3n) is 2.25. The highest BCUT2D eigenvalue weighted by Gasteiger charge is 2.11. The van der Waals surface area contributed by atoms with Crippen LogP contribution in [0.2, 0.25) is 0 Å². The molecule has 0 aliphatic carbocycles. The number of carbonyl (C=O) groups is 1. The van der Waals surface area contributed by atoms with E-state index in [1.54, 1.807) is 0 Å². The van der Waals surface area contributed by atoms with Crippen molar-refractivity contribution in [3.05, 3.63) is 64.9 Å². The Morgan fingerprint density at radius 2 is 1.78 bits per heavy atom. The molecule has 0 unspecified atom stereocenters. The number of halogens is 3. The van der Waals surface area contributed by atoms with Gasteiger partial charge in [-0.25, -0.2) is 0 Å². The number of hydrogen-bond acceptors (Lipinski definition) is 1. The first-order chi connectivity index (χ1) is 7.75. The summed E-state index contributed by atoms with van der Waals surface area (Å²) in [5.74, 6) is 0.109. The number of hydrogen-bond donors (Lipinski definition) is 0. The van der Waals surface area contributed by atoms with Crippen molar-refractivity contribution in [2.45, 2.75) is 6.54 Å². The van der Waals surface area contributed by atoms with Gasteiger partial charge in [-0.1, -0.05) is 34.1 Å². The maximum atomic E-state index is 11.9. The van der Waals surface area contributed by atoms with E-state index in [0.717, 1.165) is 10.0 Å². The molecule has 0 atom stereocenters. The van der Waals surface area contributed by atoms with Crippen LogP contribution in [0.25, 0.3) is 0 Å². The van der Waals surface area contributed by atoms with Crippen molar-refractivity contribution in [1.82, 2.24) is 0 Å². The normalized spacial score (nSPS) is 8.94. The quantitative estimate of drug-likeness (QED) is 0.346. The van der Waals surface area contributed by atoms with Gasteiger partial charge in [0.2, 0.25) is 12.3 Å². The van der Waals surface area contributed by atoms with Crippen LogP contribution >= 0.6 is 32.9 Å². The predicted molar refractivity (Wildman–Crippen MR) is 75.4 cm³/mol. The van der Waals surface area contributed by atoms with E-state index >= 15 is 0 Å². The molecule has 1 heterocycles. The summed E-state index contributed by atoms with van der Waals surface area (Å²) in [5, 5.41) is 0. The maximum absolute atomic E-state index is 11.9. The maximum Gasteiger partial charge on any atom is 0.227 e. The molecule has 0 saturated heterocycles. The molecular weight excluding hydrogens is 473 g/mol. The van der Waals surface area contributed by atoms with Gasteiger partial charge in [0.15, 0.2) is 12.4 Å². The summed E-state index contributed by atoms with van der Waals surface area (Å²) in [7, 11) is 0. The molecule has 0 aliphatic heterocycles. The van der Waals surface area contributed by atoms with Gasteiger partial charge in [-0.2, -0.15) is 4.57 Å². The summed E-state index contributed by atoms with van der Waals surface area (Å²) in [6, 6.07) is 13.2. The molecule has 1 aromatic carbocycles. The first-order valence-electron chi connectivity index (χ1n) is 4.98. The highest BCUT2D eigenvalue weighted by atomic mass is 127. The van der Waals surface area contributed by atoms with E-state index in [1.807, 2.05) is 59.4 Å². The minimum atomic E-state index is 0. The molecule has 0 radical (unpaired) electrons. The molecule has 5 heteroatoms. The van der Waals surface area contributed by atoms with Gasteiger partial charge in [-0.05, 0) is 12.1 Å². The molecular formula is C13H12Br2INO. The highest BCUT2D eigenvalue weighted by Crippen LogP contribution is 2.11. The predicted octanol–water partition coefficient (Wildman–Crippen LogP) is 0.201. The zero-order valence-corrected chi connectivity index (χ0v) is 14.9. The lowest BCUT2D eigenvalue weighted by molar-refractivity contribution is -0.683. The van der Waals surface area contributed by atoms with E-state index in [2.05, 4.69) is 15.9 Å². The lowest BCUT2D eigenvalue weighted by atomic mass is 10.1. The van der Waals surface area contributed by atoms with Gasteiger partial charge in [0.05, 0.1) is 0 Å². The van der Waals surface area contributed by atoms with Crippen molar-refractivity contribution in [3.63, 3.8) is 0 Å². The van der Waals surface area contributed by atoms with Crippen molar-refractivity contribution in [3.8, 4) is 0 Å². The second-order valence-corrected chi connectivity index (χ2v) is 4.40. The van der Waals surface area contributed by atoms with E-state index < -0.39 is 0 Å². The highest BCUT2D eigenvalue weighted by molar-refractivity contribution is 9.10. The minimum Gasteiger partial charge on any atom is -1.00 e. The minimum absolute atomic E-state index is 0. The Bertz CT molecular complexity index is 505. The standard InChI is InChI=1S/C13H11BrNO.BrH.HI/c14-12-6-4-5-11(9-12)13(16)10-15-7-2-1-3-8-15;;/h1-9H,10H2;2*1H/q+1;;/p-1. The second-order valence-electron chi connectivity index (χ2n) is 3.48. The number of pyridine rings is 1. The fourth-order valence-corrected chi connectivity index (χ4v) is 1.86.